The number of carbonyl (C=O) groups excluding carboxylic acids is 3. The fraction of sp³-hybridized carbons (Fsp3) is 0.606. The van der Waals surface area contributed by atoms with Crippen molar-refractivity contribution in [3.05, 3.63) is 48.6 Å². The van der Waals surface area contributed by atoms with E-state index in [4.69, 9.17) is 9.47 Å². The van der Waals surface area contributed by atoms with Gasteiger partial charge in [0.2, 0.25) is 17.7 Å². The van der Waals surface area contributed by atoms with E-state index in [0.717, 1.165) is 37.1 Å². The van der Waals surface area contributed by atoms with Crippen molar-refractivity contribution in [3.63, 3.8) is 0 Å². The number of aliphatic hydroxyl groups is 1. The van der Waals surface area contributed by atoms with Gasteiger partial charge in [0, 0.05) is 38.0 Å². The second kappa shape index (κ2) is 11.5. The lowest BCUT2D eigenvalue weighted by Gasteiger charge is -2.40. The van der Waals surface area contributed by atoms with Gasteiger partial charge in [0.25, 0.3) is 0 Å². The molecule has 1 aromatic carbocycles. The Hall–Kier alpha value is -3.17. The molecule has 1 N–H and O–H groups in total. The molecule has 2 saturated heterocycles. The van der Waals surface area contributed by atoms with Crippen LogP contribution in [0.25, 0.3) is 0 Å². The van der Waals surface area contributed by atoms with Crippen LogP contribution in [0, 0.1) is 11.8 Å². The molecule has 5 atom stereocenters. The summed E-state index contributed by atoms with van der Waals surface area (Å²) in [7, 11) is 0. The standard InChI is InChI=1S/C33H43N3O6/c1-3-41-25-15-13-24(14-16-25)34-20-9-17-32(2)26(29(34)38)27-30(39)36(19-7-8-22-37)28-31(40)35(23-11-5-4-6-12-23)21-10-18-33(27,28)42-32/h9-10,13-18,23,26-28,37H,3-8,11-12,19-22H2,1-2H3/t26-,27-,28?,32+,33-/m0/s1. The van der Waals surface area contributed by atoms with Gasteiger partial charge in [0.05, 0.1) is 24.0 Å². The smallest absolute Gasteiger partial charge is 0.249 e. The monoisotopic (exact) mass is 577 g/mol. The Labute approximate surface area is 248 Å². The van der Waals surface area contributed by atoms with Gasteiger partial charge in [-0.2, -0.15) is 0 Å². The molecule has 42 heavy (non-hydrogen) atoms. The molecule has 4 aliphatic heterocycles. The van der Waals surface area contributed by atoms with Crippen LogP contribution in [0.5, 0.6) is 5.75 Å². The fourth-order valence-electron chi connectivity index (χ4n) is 8.01. The lowest BCUT2D eigenvalue weighted by molar-refractivity contribution is -0.152. The summed E-state index contributed by atoms with van der Waals surface area (Å²) in [5.74, 6) is -1.42. The summed E-state index contributed by atoms with van der Waals surface area (Å²) in [4.78, 5) is 48.8. The molecule has 9 heteroatoms. The van der Waals surface area contributed by atoms with Gasteiger partial charge in [0.15, 0.2) is 0 Å². The number of amides is 3. The molecule has 1 saturated carbocycles. The summed E-state index contributed by atoms with van der Waals surface area (Å²) >= 11 is 0. The van der Waals surface area contributed by atoms with Gasteiger partial charge in [-0.15, -0.1) is 0 Å². The highest BCUT2D eigenvalue weighted by Crippen LogP contribution is 2.57. The number of unbranched alkanes of at least 4 members (excludes halogenated alkanes) is 1. The molecule has 3 amide bonds. The molecule has 9 nitrogen and oxygen atoms in total. The number of rotatable bonds is 8. The van der Waals surface area contributed by atoms with E-state index < -0.39 is 29.1 Å². The molecule has 0 aromatic heterocycles. The minimum Gasteiger partial charge on any atom is -0.494 e. The maximum Gasteiger partial charge on any atom is 0.249 e. The molecule has 6 rings (SSSR count). The van der Waals surface area contributed by atoms with Gasteiger partial charge in [-0.05, 0) is 63.8 Å². The number of nitrogens with zero attached hydrogens (tertiary/aromatic N) is 3. The highest BCUT2D eigenvalue weighted by molar-refractivity contribution is 6.04. The fourth-order valence-corrected chi connectivity index (χ4v) is 8.01. The minimum atomic E-state index is -1.25. The maximum absolute atomic E-state index is 14.5. The third kappa shape index (κ3) is 4.65. The summed E-state index contributed by atoms with van der Waals surface area (Å²) < 4.78 is 12.5. The topological polar surface area (TPSA) is 99.6 Å². The van der Waals surface area contributed by atoms with Crippen LogP contribution >= 0.6 is 0 Å². The van der Waals surface area contributed by atoms with Gasteiger partial charge in [-0.3, -0.25) is 14.4 Å². The predicted molar refractivity (Wildman–Crippen MR) is 158 cm³/mol. The first kappa shape index (κ1) is 28.9. The second-order valence-corrected chi connectivity index (χ2v) is 12.4. The van der Waals surface area contributed by atoms with Gasteiger partial charge < -0.3 is 29.3 Å². The average molecular weight is 578 g/mol. The summed E-state index contributed by atoms with van der Waals surface area (Å²) in [5, 5.41) is 9.47. The van der Waals surface area contributed by atoms with Gasteiger partial charge >= 0.3 is 0 Å². The number of carbonyl (C=O) groups is 3. The normalized spacial score (nSPS) is 33.0. The minimum absolute atomic E-state index is 0.0147. The summed E-state index contributed by atoms with van der Waals surface area (Å²) in [6.07, 6.45) is 14.1. The highest BCUT2D eigenvalue weighted by atomic mass is 16.5. The summed E-state index contributed by atoms with van der Waals surface area (Å²) in [6, 6.07) is 6.71. The first-order valence-electron chi connectivity index (χ1n) is 15.7. The zero-order chi connectivity index (χ0) is 29.5. The van der Waals surface area contributed by atoms with Crippen LogP contribution in [0.4, 0.5) is 5.69 Å². The molecule has 1 aliphatic carbocycles. The molecule has 1 spiro atoms. The Bertz CT molecular complexity index is 1260. The van der Waals surface area contributed by atoms with Crippen LogP contribution < -0.4 is 9.64 Å². The molecule has 4 heterocycles. The van der Waals surface area contributed by atoms with Crippen molar-refractivity contribution in [2.24, 2.45) is 11.8 Å². The number of anilines is 1. The summed E-state index contributed by atoms with van der Waals surface area (Å²) in [6.45, 7) is 5.52. The van der Waals surface area contributed by atoms with Crippen LogP contribution in [0.3, 0.4) is 0 Å². The Morgan fingerprint density at radius 2 is 1.67 bits per heavy atom. The number of hydrogen-bond donors (Lipinski definition) is 1. The summed E-state index contributed by atoms with van der Waals surface area (Å²) in [5.41, 5.74) is -1.59. The Balaban J connectivity index is 1.39. The van der Waals surface area contributed by atoms with E-state index in [1.54, 1.807) is 9.80 Å². The lowest BCUT2D eigenvalue weighted by Crippen LogP contribution is -2.57. The van der Waals surface area contributed by atoms with Crippen LogP contribution in [0.15, 0.2) is 48.6 Å². The highest BCUT2D eigenvalue weighted by Gasteiger charge is 2.74. The van der Waals surface area contributed by atoms with Crippen molar-refractivity contribution < 1.29 is 29.0 Å². The van der Waals surface area contributed by atoms with Crippen molar-refractivity contribution in [1.29, 1.82) is 0 Å². The van der Waals surface area contributed by atoms with Crippen LogP contribution in [0.2, 0.25) is 0 Å². The average Bonchev–Trinajstić information content (AvgIpc) is 3.25. The molecule has 0 bridgehead atoms. The van der Waals surface area contributed by atoms with E-state index in [9.17, 15) is 19.5 Å². The van der Waals surface area contributed by atoms with E-state index in [1.165, 1.54) is 6.42 Å². The van der Waals surface area contributed by atoms with E-state index in [0.29, 0.717) is 39.1 Å². The van der Waals surface area contributed by atoms with Gasteiger partial charge in [-0.25, -0.2) is 0 Å². The van der Waals surface area contributed by atoms with Crippen molar-refractivity contribution >= 4 is 23.4 Å². The van der Waals surface area contributed by atoms with Crippen LogP contribution in [-0.4, -0.2) is 88.8 Å². The van der Waals surface area contributed by atoms with E-state index in [-0.39, 0.29) is 30.4 Å². The van der Waals surface area contributed by atoms with Crippen molar-refractivity contribution in [3.8, 4) is 5.75 Å². The zero-order valence-electron chi connectivity index (χ0n) is 24.7. The van der Waals surface area contributed by atoms with Crippen molar-refractivity contribution in [2.75, 3.05) is 37.7 Å². The SMILES string of the molecule is CCOc1ccc(N2CC=C[C@@]3(C)O[C@]45C=CCN(C6CCCCC6)C(=O)C4N(CCCCO)C(=O)[C@@H]5[C@H]3C2=O)cc1. The first-order chi connectivity index (χ1) is 20.3. The van der Waals surface area contributed by atoms with Crippen LogP contribution in [-0.2, 0) is 19.1 Å². The van der Waals surface area contributed by atoms with E-state index >= 15 is 0 Å². The number of hydrogen-bond acceptors (Lipinski definition) is 6. The van der Waals surface area contributed by atoms with Gasteiger partial charge in [0.1, 0.15) is 17.4 Å². The molecular formula is C33H43N3O6. The lowest BCUT2D eigenvalue weighted by atomic mass is 9.74. The number of benzene rings is 1. The third-order valence-corrected chi connectivity index (χ3v) is 9.87. The number of fused-ring (bicyclic) bond motifs is 2. The molecule has 1 aromatic rings. The number of ether oxygens (including phenoxy) is 2. The molecular weight excluding hydrogens is 534 g/mol. The third-order valence-electron chi connectivity index (χ3n) is 9.87. The van der Waals surface area contributed by atoms with Crippen LogP contribution in [0.1, 0.15) is 58.8 Å². The Morgan fingerprint density at radius 3 is 2.38 bits per heavy atom. The Kier molecular flexibility index (Phi) is 7.91. The largest absolute Gasteiger partial charge is 0.494 e. The maximum atomic E-state index is 14.5. The molecule has 3 fully saturated rings. The van der Waals surface area contributed by atoms with Crippen molar-refractivity contribution in [1.82, 2.24) is 9.80 Å². The van der Waals surface area contributed by atoms with Gasteiger partial charge in [-0.1, -0.05) is 43.6 Å². The molecule has 1 unspecified atom stereocenters. The van der Waals surface area contributed by atoms with E-state index in [1.807, 2.05) is 67.3 Å². The number of likely N-dealkylation sites (tertiary alicyclic amines) is 1. The molecule has 0 radical (unpaired) electrons. The predicted octanol–water partition coefficient (Wildman–Crippen LogP) is 3.46. The van der Waals surface area contributed by atoms with E-state index in [2.05, 4.69) is 0 Å². The zero-order valence-corrected chi connectivity index (χ0v) is 24.7. The van der Waals surface area contributed by atoms with Crippen molar-refractivity contribution in [2.45, 2.75) is 82.1 Å². The molecule has 226 valence electrons. The Morgan fingerprint density at radius 1 is 0.929 bits per heavy atom. The first-order valence-corrected chi connectivity index (χ1v) is 15.7. The second-order valence-electron chi connectivity index (χ2n) is 12.4. The molecule has 5 aliphatic rings. The quantitative estimate of drug-likeness (QED) is 0.375. The number of aliphatic hydroxyl groups excluding tert-OH is 1.